The quantitative estimate of drug-likeness (QED) is 0.604. The summed E-state index contributed by atoms with van der Waals surface area (Å²) in [7, 11) is 0. The predicted molar refractivity (Wildman–Crippen MR) is 121 cm³/mol. The van der Waals surface area contributed by atoms with Crippen LogP contribution >= 0.6 is 23.2 Å². The second-order valence-electron chi connectivity index (χ2n) is 7.84. The number of halogens is 3. The number of aromatic nitrogens is 1. The first-order chi connectivity index (χ1) is 14.7. The number of anilines is 1. The molecule has 1 fully saturated rings. The average molecular weight is 464 g/mol. The summed E-state index contributed by atoms with van der Waals surface area (Å²) in [6.07, 6.45) is 1.22. The number of fused-ring (bicyclic) bond motifs is 1. The molecule has 0 spiro atoms. The van der Waals surface area contributed by atoms with Crippen molar-refractivity contribution in [3.8, 4) is 5.69 Å². The molecule has 1 aliphatic rings. The second-order valence-corrected chi connectivity index (χ2v) is 8.68. The molecule has 1 saturated heterocycles. The van der Waals surface area contributed by atoms with E-state index in [0.29, 0.717) is 35.0 Å². The number of benzene rings is 2. The Hall–Kier alpha value is -2.61. The molecule has 2 heterocycles. The molecule has 1 aromatic heterocycles. The van der Waals surface area contributed by atoms with Crippen molar-refractivity contribution in [1.82, 2.24) is 9.88 Å². The topological polar surface area (TPSA) is 74.6 Å². The van der Waals surface area contributed by atoms with Crippen LogP contribution in [0.3, 0.4) is 0 Å². The Labute approximate surface area is 187 Å². The SMILES string of the molecule is CC1CN(c2cc3c(cc2F)c(=O)c(C(=O)O)cn3-c2ccc(Cl)cc2Cl)CC(C)N1. The van der Waals surface area contributed by atoms with Crippen LogP contribution in [0.15, 0.2) is 41.3 Å². The maximum absolute atomic E-state index is 15.1. The van der Waals surface area contributed by atoms with Crippen molar-refractivity contribution in [3.05, 3.63) is 68.2 Å². The largest absolute Gasteiger partial charge is 0.477 e. The van der Waals surface area contributed by atoms with Crippen LogP contribution in [-0.2, 0) is 0 Å². The van der Waals surface area contributed by atoms with E-state index in [9.17, 15) is 14.7 Å². The summed E-state index contributed by atoms with van der Waals surface area (Å²) in [6.45, 7) is 5.21. The minimum atomic E-state index is -1.40. The number of hydrogen-bond acceptors (Lipinski definition) is 4. The first kappa shape index (κ1) is 21.6. The van der Waals surface area contributed by atoms with Crippen LogP contribution in [-0.4, -0.2) is 40.8 Å². The normalized spacial score (nSPS) is 19.1. The molecule has 0 bridgehead atoms. The van der Waals surface area contributed by atoms with E-state index in [-0.39, 0.29) is 22.5 Å². The summed E-state index contributed by atoms with van der Waals surface area (Å²) in [4.78, 5) is 26.4. The molecule has 0 aliphatic carbocycles. The van der Waals surface area contributed by atoms with Gasteiger partial charge in [0.2, 0.25) is 5.43 Å². The number of nitrogens with zero attached hydrogens (tertiary/aromatic N) is 2. The van der Waals surface area contributed by atoms with Crippen molar-refractivity contribution in [2.24, 2.45) is 0 Å². The van der Waals surface area contributed by atoms with Gasteiger partial charge in [-0.2, -0.15) is 0 Å². The predicted octanol–water partition coefficient (Wildman–Crippen LogP) is 4.32. The smallest absolute Gasteiger partial charge is 0.341 e. The summed E-state index contributed by atoms with van der Waals surface area (Å²) in [5, 5.41) is 13.6. The van der Waals surface area contributed by atoms with Gasteiger partial charge in [-0.15, -0.1) is 0 Å². The van der Waals surface area contributed by atoms with Crippen molar-refractivity contribution in [2.75, 3.05) is 18.0 Å². The van der Waals surface area contributed by atoms with Crippen molar-refractivity contribution in [1.29, 1.82) is 0 Å². The molecule has 3 aromatic rings. The Kier molecular flexibility index (Phi) is 5.68. The van der Waals surface area contributed by atoms with Crippen LogP contribution in [0.1, 0.15) is 24.2 Å². The number of rotatable bonds is 3. The maximum Gasteiger partial charge on any atom is 0.341 e. The molecule has 162 valence electrons. The summed E-state index contributed by atoms with van der Waals surface area (Å²) in [5.41, 5.74) is -0.104. The number of carboxylic acids is 1. The van der Waals surface area contributed by atoms with Gasteiger partial charge in [0.15, 0.2) is 0 Å². The zero-order valence-corrected chi connectivity index (χ0v) is 18.3. The van der Waals surface area contributed by atoms with E-state index in [2.05, 4.69) is 5.32 Å². The van der Waals surface area contributed by atoms with Gasteiger partial charge >= 0.3 is 5.97 Å². The van der Waals surface area contributed by atoms with Crippen molar-refractivity contribution >= 4 is 45.8 Å². The molecule has 2 atom stereocenters. The van der Waals surface area contributed by atoms with Crippen LogP contribution < -0.4 is 15.6 Å². The summed E-state index contributed by atoms with van der Waals surface area (Å²) >= 11 is 12.4. The third-order valence-electron chi connectivity index (χ3n) is 5.37. The Morgan fingerprint density at radius 2 is 1.81 bits per heavy atom. The van der Waals surface area contributed by atoms with Gasteiger partial charge < -0.3 is 19.9 Å². The highest BCUT2D eigenvalue weighted by Crippen LogP contribution is 2.31. The van der Waals surface area contributed by atoms with Gasteiger partial charge in [0, 0.05) is 41.8 Å². The summed E-state index contributed by atoms with van der Waals surface area (Å²) in [6, 6.07) is 7.75. The third kappa shape index (κ3) is 4.01. The molecule has 9 heteroatoms. The highest BCUT2D eigenvalue weighted by molar-refractivity contribution is 6.35. The Morgan fingerprint density at radius 3 is 2.42 bits per heavy atom. The van der Waals surface area contributed by atoms with Gasteiger partial charge in [-0.1, -0.05) is 23.2 Å². The molecule has 4 rings (SSSR count). The van der Waals surface area contributed by atoms with E-state index < -0.39 is 22.8 Å². The third-order valence-corrected chi connectivity index (χ3v) is 5.91. The maximum atomic E-state index is 15.1. The molecule has 0 saturated carbocycles. The van der Waals surface area contributed by atoms with E-state index in [1.165, 1.54) is 16.8 Å². The first-order valence-electron chi connectivity index (χ1n) is 9.74. The summed E-state index contributed by atoms with van der Waals surface area (Å²) < 4.78 is 16.6. The van der Waals surface area contributed by atoms with Gasteiger partial charge in [0.1, 0.15) is 11.4 Å². The molecule has 31 heavy (non-hydrogen) atoms. The van der Waals surface area contributed by atoms with Gasteiger partial charge in [-0.3, -0.25) is 4.79 Å². The molecular weight excluding hydrogens is 444 g/mol. The standard InChI is InChI=1S/C22H20Cl2FN3O3/c1-11-8-27(9-12(2)26-11)20-7-19-14(6-17(20)25)21(29)15(22(30)31)10-28(19)18-4-3-13(23)5-16(18)24/h3-7,10-12,26H,8-9H2,1-2H3,(H,30,31). The lowest BCUT2D eigenvalue weighted by atomic mass is 10.1. The second kappa shape index (κ2) is 8.15. The lowest BCUT2D eigenvalue weighted by molar-refractivity contribution is 0.0695. The number of carboxylic acid groups (broad SMARTS) is 1. The van der Waals surface area contributed by atoms with Gasteiger partial charge in [-0.05, 0) is 44.2 Å². The number of hydrogen-bond donors (Lipinski definition) is 2. The minimum absolute atomic E-state index is 0.0385. The number of carbonyl (C=O) groups is 1. The fraction of sp³-hybridized carbons (Fsp3) is 0.273. The van der Waals surface area contributed by atoms with Crippen LogP contribution in [0.25, 0.3) is 16.6 Å². The molecule has 1 aliphatic heterocycles. The lowest BCUT2D eigenvalue weighted by Gasteiger charge is -2.38. The number of piperazine rings is 1. The Morgan fingerprint density at radius 1 is 1.13 bits per heavy atom. The van der Waals surface area contributed by atoms with Crippen LogP contribution in [0.5, 0.6) is 0 Å². The highest BCUT2D eigenvalue weighted by atomic mass is 35.5. The zero-order valence-electron chi connectivity index (χ0n) is 16.8. The number of aromatic carboxylic acids is 1. The van der Waals surface area contributed by atoms with Crippen LogP contribution in [0.4, 0.5) is 10.1 Å². The highest BCUT2D eigenvalue weighted by Gasteiger charge is 2.25. The number of nitrogens with one attached hydrogen (secondary N) is 1. The van der Waals surface area contributed by atoms with E-state index in [4.69, 9.17) is 23.2 Å². The molecular formula is C22H20Cl2FN3O3. The van der Waals surface area contributed by atoms with Crippen LogP contribution in [0.2, 0.25) is 10.0 Å². The van der Waals surface area contributed by atoms with Gasteiger partial charge in [0.05, 0.1) is 21.9 Å². The zero-order chi connectivity index (χ0) is 22.4. The van der Waals surface area contributed by atoms with E-state index in [1.54, 1.807) is 18.2 Å². The van der Waals surface area contributed by atoms with Crippen LogP contribution in [0, 0.1) is 5.82 Å². The number of pyridine rings is 1. The summed E-state index contributed by atoms with van der Waals surface area (Å²) in [5.74, 6) is -1.98. The average Bonchev–Trinajstić information content (AvgIpc) is 2.68. The molecule has 0 radical (unpaired) electrons. The van der Waals surface area contributed by atoms with E-state index in [0.717, 1.165) is 6.07 Å². The van der Waals surface area contributed by atoms with Gasteiger partial charge in [-0.25, -0.2) is 9.18 Å². The van der Waals surface area contributed by atoms with Crippen molar-refractivity contribution < 1.29 is 14.3 Å². The Balaban J connectivity index is 2.02. The molecule has 2 N–H and O–H groups in total. The fourth-order valence-electron chi connectivity index (χ4n) is 4.13. The van der Waals surface area contributed by atoms with Crippen molar-refractivity contribution in [3.63, 3.8) is 0 Å². The lowest BCUT2D eigenvalue weighted by Crippen LogP contribution is -2.54. The minimum Gasteiger partial charge on any atom is -0.477 e. The molecule has 2 aromatic carbocycles. The van der Waals surface area contributed by atoms with Gasteiger partial charge in [0.25, 0.3) is 0 Å². The molecule has 2 unspecified atom stereocenters. The molecule has 6 nitrogen and oxygen atoms in total. The fourth-order valence-corrected chi connectivity index (χ4v) is 4.63. The van der Waals surface area contributed by atoms with E-state index >= 15 is 4.39 Å². The van der Waals surface area contributed by atoms with Crippen molar-refractivity contribution in [2.45, 2.75) is 25.9 Å². The first-order valence-corrected chi connectivity index (χ1v) is 10.5. The molecule has 0 amide bonds. The monoisotopic (exact) mass is 463 g/mol. The Bertz CT molecular complexity index is 1250. The van der Waals surface area contributed by atoms with E-state index in [1.807, 2.05) is 18.7 Å².